The zero-order valence-electron chi connectivity index (χ0n) is 31.4. The summed E-state index contributed by atoms with van der Waals surface area (Å²) < 4.78 is 115. The van der Waals surface area contributed by atoms with E-state index in [1.54, 1.807) is 50.2 Å². The number of hydrogen-bond donors (Lipinski definition) is 2. The number of rotatable bonds is 10. The summed E-state index contributed by atoms with van der Waals surface area (Å²) in [4.78, 5) is 62.4. The van der Waals surface area contributed by atoms with Gasteiger partial charge in [-0.1, -0.05) is 36.4 Å². The van der Waals surface area contributed by atoms with Gasteiger partial charge < -0.3 is 52.9 Å². The van der Waals surface area contributed by atoms with E-state index in [1.807, 2.05) is 15.9 Å². The molecule has 0 spiro atoms. The first-order chi connectivity index (χ1) is 27.4. The van der Waals surface area contributed by atoms with Gasteiger partial charge in [-0.05, 0) is 45.0 Å². The second kappa shape index (κ2) is 22.1. The summed E-state index contributed by atoms with van der Waals surface area (Å²) in [5, 5.41) is 16.9. The minimum absolute atomic E-state index is 0.0416. The fourth-order valence-electron chi connectivity index (χ4n) is 4.58. The molecule has 1 unspecified atom stereocenters. The van der Waals surface area contributed by atoms with Gasteiger partial charge in [-0.2, -0.15) is 26.3 Å². The van der Waals surface area contributed by atoms with Crippen molar-refractivity contribution in [1.82, 2.24) is 0 Å². The molecule has 3 aliphatic rings. The van der Waals surface area contributed by atoms with Crippen LogP contribution in [0.1, 0.15) is 48.4 Å². The second-order valence-electron chi connectivity index (χ2n) is 12.4. The van der Waals surface area contributed by atoms with Crippen LogP contribution in [0.15, 0.2) is 60.7 Å². The topological polar surface area (TPSA) is 217 Å². The molecule has 0 bridgehead atoms. The number of alkyl halides is 7. The molecule has 6 atom stereocenters. The zero-order valence-corrected chi connectivity index (χ0v) is 33.0. The first-order valence-electron chi connectivity index (χ1n) is 17.0. The summed E-state index contributed by atoms with van der Waals surface area (Å²) in [6.07, 6.45) is -9.32. The Kier molecular flexibility index (Phi) is 18.9. The monoisotopic (exact) mass is 920 g/mol. The third-order valence-corrected chi connectivity index (χ3v) is 7.68. The lowest BCUT2D eigenvalue weighted by molar-refractivity contribution is -0.222. The highest BCUT2D eigenvalue weighted by atomic mass is 79.9. The molecule has 2 aromatic carbocycles. The van der Waals surface area contributed by atoms with Crippen LogP contribution in [0, 0.1) is 0 Å². The van der Waals surface area contributed by atoms with Crippen LogP contribution in [0.5, 0.6) is 0 Å². The Morgan fingerprint density at radius 3 is 1.81 bits per heavy atom. The standard InChI is InChI=1S/C21H18F2O7.C6H10O3.C5H6F2O4.C4H5BrF2O2/c1-13(24)28-20-21(22,23)17(30-19(26)15-10-6-3-7-11-15)16(29-20)12-27-18(25)14-8-4-2-5-9-14;1-6(2)8-4-5(3-7)9-6;6-5(7)3(9)2(1-8)11-4(5)10;1-2-9-3(8)4(5,6)7/h2-11,16-17,20H,12H2,1H3;3,5H,4H2,1-2H3;2-3,8-9H,1H2;2H2,1H3/t16-,17-,20+;;2-,3+;/m1.1./s1. The van der Waals surface area contributed by atoms with E-state index < -0.39 is 96.2 Å². The quantitative estimate of drug-likeness (QED) is 0.114. The van der Waals surface area contributed by atoms with Crippen LogP contribution in [-0.2, 0) is 57.1 Å². The Balaban J connectivity index is 0.000000335. The van der Waals surface area contributed by atoms with E-state index in [4.69, 9.17) is 33.9 Å². The van der Waals surface area contributed by atoms with Crippen LogP contribution in [0.4, 0.5) is 26.3 Å². The van der Waals surface area contributed by atoms with Crippen LogP contribution in [-0.4, -0.2) is 132 Å². The van der Waals surface area contributed by atoms with Crippen molar-refractivity contribution in [2.75, 3.05) is 26.4 Å². The Bertz CT molecular complexity index is 1710. The third kappa shape index (κ3) is 15.1. The molecule has 0 radical (unpaired) electrons. The van der Waals surface area contributed by atoms with Gasteiger partial charge in [0.2, 0.25) is 6.10 Å². The molecule has 3 fully saturated rings. The molecule has 16 nitrogen and oxygen atoms in total. The molecular formula is C36H39BrF6O16. The van der Waals surface area contributed by atoms with E-state index >= 15 is 0 Å². The number of esters is 5. The molecule has 328 valence electrons. The molecule has 2 aromatic rings. The molecule has 0 aliphatic carbocycles. The highest BCUT2D eigenvalue weighted by molar-refractivity contribution is 9.10. The van der Waals surface area contributed by atoms with Crippen molar-refractivity contribution >= 4 is 52.1 Å². The smallest absolute Gasteiger partial charge is 0.395 e. The molecule has 2 N–H and O–H groups in total. The highest BCUT2D eigenvalue weighted by Gasteiger charge is 2.64. The summed E-state index contributed by atoms with van der Waals surface area (Å²) >= 11 is 1.84. The highest BCUT2D eigenvalue weighted by Crippen LogP contribution is 2.40. The van der Waals surface area contributed by atoms with E-state index in [0.29, 0.717) is 6.61 Å². The predicted molar refractivity (Wildman–Crippen MR) is 187 cm³/mol. The molecule has 3 saturated heterocycles. The molecule has 3 heterocycles. The van der Waals surface area contributed by atoms with Gasteiger partial charge in [0, 0.05) is 22.9 Å². The Labute approximate surface area is 340 Å². The van der Waals surface area contributed by atoms with Gasteiger partial charge in [0.15, 0.2) is 24.3 Å². The first kappa shape index (κ1) is 50.5. The summed E-state index contributed by atoms with van der Waals surface area (Å²) in [6.45, 7) is 4.86. The van der Waals surface area contributed by atoms with Crippen LogP contribution in [0.3, 0.4) is 0 Å². The Hall–Kier alpha value is -4.68. The van der Waals surface area contributed by atoms with Gasteiger partial charge in [-0.15, -0.1) is 0 Å². The van der Waals surface area contributed by atoms with E-state index in [9.17, 15) is 55.1 Å². The lowest BCUT2D eigenvalue weighted by Crippen LogP contribution is -2.45. The third-order valence-electron chi connectivity index (χ3n) is 7.36. The lowest BCUT2D eigenvalue weighted by Gasteiger charge is -2.23. The van der Waals surface area contributed by atoms with Crippen molar-refractivity contribution in [3.05, 3.63) is 71.8 Å². The molecule has 0 aromatic heterocycles. The fraction of sp³-hybridized carbons (Fsp3) is 0.500. The Morgan fingerprint density at radius 2 is 1.46 bits per heavy atom. The van der Waals surface area contributed by atoms with Gasteiger partial charge in [0.05, 0.1) is 30.9 Å². The largest absolute Gasteiger partial charge is 0.461 e. The fourth-order valence-corrected chi connectivity index (χ4v) is 4.70. The van der Waals surface area contributed by atoms with Gasteiger partial charge in [-0.3, -0.25) is 4.79 Å². The summed E-state index contributed by atoms with van der Waals surface area (Å²) in [5.41, 5.74) is 0.251. The molecule has 0 saturated carbocycles. The molecule has 59 heavy (non-hydrogen) atoms. The van der Waals surface area contributed by atoms with Gasteiger partial charge in [-0.25, -0.2) is 19.2 Å². The SMILES string of the molecule is CC(=O)O[C@H]1O[C@H](COC(=O)c2ccccc2)[C@@H](OC(=O)c2ccccc2)C1(F)F.CC1(C)OCC(C=O)O1.CCOC(=O)C(F)(F)Br.O=C1O[C@H](CO)[C@H](O)C1(F)F. The number of carbonyl (C=O) groups is 6. The van der Waals surface area contributed by atoms with Crippen LogP contribution in [0.25, 0.3) is 0 Å². The van der Waals surface area contributed by atoms with Crippen LogP contribution in [0.2, 0.25) is 0 Å². The second-order valence-corrected chi connectivity index (χ2v) is 13.4. The number of hydrogen-bond acceptors (Lipinski definition) is 16. The summed E-state index contributed by atoms with van der Waals surface area (Å²) in [7, 11) is 0. The summed E-state index contributed by atoms with van der Waals surface area (Å²) in [5.74, 6) is -14.4. The van der Waals surface area contributed by atoms with E-state index in [0.717, 1.165) is 13.2 Å². The molecule has 0 amide bonds. The molecule has 23 heteroatoms. The van der Waals surface area contributed by atoms with E-state index in [-0.39, 0.29) is 23.8 Å². The zero-order chi connectivity index (χ0) is 44.8. The van der Waals surface area contributed by atoms with E-state index in [1.165, 1.54) is 31.2 Å². The Morgan fingerprint density at radius 1 is 0.915 bits per heavy atom. The van der Waals surface area contributed by atoms with Gasteiger partial charge in [0.1, 0.15) is 18.8 Å². The molecule has 3 aliphatic heterocycles. The van der Waals surface area contributed by atoms with Crippen molar-refractivity contribution in [3.63, 3.8) is 0 Å². The first-order valence-corrected chi connectivity index (χ1v) is 17.8. The normalized spacial score (nSPS) is 24.5. The maximum absolute atomic E-state index is 14.8. The van der Waals surface area contributed by atoms with Gasteiger partial charge in [0.25, 0.3) is 6.29 Å². The number of aliphatic hydroxyl groups excluding tert-OH is 2. The number of ether oxygens (including phenoxy) is 8. The van der Waals surface area contributed by atoms with Crippen molar-refractivity contribution in [2.45, 2.75) is 87.0 Å². The van der Waals surface area contributed by atoms with Crippen LogP contribution >= 0.6 is 15.9 Å². The number of cyclic esters (lactones) is 1. The molecule has 5 rings (SSSR count). The number of benzene rings is 2. The minimum atomic E-state index is -3.88. The van der Waals surface area contributed by atoms with Crippen molar-refractivity contribution in [3.8, 4) is 0 Å². The van der Waals surface area contributed by atoms with Gasteiger partial charge >= 0.3 is 46.5 Å². The minimum Gasteiger partial charge on any atom is -0.461 e. The number of carbonyl (C=O) groups excluding carboxylic acids is 6. The number of halogens is 7. The average molecular weight is 922 g/mol. The predicted octanol–water partition coefficient (Wildman–Crippen LogP) is 3.77. The number of aldehydes is 1. The van der Waals surface area contributed by atoms with Crippen molar-refractivity contribution in [2.24, 2.45) is 0 Å². The van der Waals surface area contributed by atoms with Crippen LogP contribution < -0.4 is 0 Å². The summed E-state index contributed by atoms with van der Waals surface area (Å²) in [6, 6.07) is 15.4. The maximum atomic E-state index is 14.8. The van der Waals surface area contributed by atoms with E-state index in [2.05, 4.69) is 14.2 Å². The maximum Gasteiger partial charge on any atom is 0.395 e. The van der Waals surface area contributed by atoms with Crippen molar-refractivity contribution in [1.29, 1.82) is 0 Å². The molecular weight excluding hydrogens is 882 g/mol. The van der Waals surface area contributed by atoms with Crippen molar-refractivity contribution < 1.29 is 103 Å². The number of aliphatic hydroxyl groups is 2. The lowest BCUT2D eigenvalue weighted by atomic mass is 10.1. The average Bonchev–Trinajstić information content (AvgIpc) is 3.73.